The average Bonchev–Trinajstić information content (AvgIpc) is 4.17. The fourth-order valence-corrected chi connectivity index (χ4v) is 12.6. The van der Waals surface area contributed by atoms with Crippen LogP contribution in [-0.4, -0.2) is 23.7 Å². The highest BCUT2D eigenvalue weighted by molar-refractivity contribution is 6.12. The molecule has 0 saturated heterocycles. The molecular formula is C66H38N6O. The highest BCUT2D eigenvalue weighted by Crippen LogP contribution is 2.62. The van der Waals surface area contributed by atoms with E-state index < -0.39 is 5.41 Å². The maximum absolute atomic E-state index is 9.91. The minimum Gasteiger partial charge on any atom is -0.457 e. The van der Waals surface area contributed by atoms with Gasteiger partial charge in [-0.3, -0.25) is 9.97 Å². The van der Waals surface area contributed by atoms with Gasteiger partial charge in [0.2, 0.25) is 0 Å². The molecule has 2 aliphatic rings. The molecule has 0 fully saturated rings. The Balaban J connectivity index is 0.891. The zero-order valence-electron chi connectivity index (χ0n) is 39.0. The SMILES string of the molecule is N#Cc1ccc2c(c1)c1ccccc1n2-c1cnc2c(c1)C1(c3ccccc3Oc3ccc(-c4ccc5c(c4)c4ccccc4n5-c4cccc(-n5c6ccccc6c6ccccc65)c4)cc31)c1cccnc1-2. The van der Waals surface area contributed by atoms with E-state index in [1.165, 1.54) is 32.6 Å². The highest BCUT2D eigenvalue weighted by atomic mass is 16.5. The molecule has 5 aromatic heterocycles. The van der Waals surface area contributed by atoms with Gasteiger partial charge in [0.15, 0.2) is 0 Å². The summed E-state index contributed by atoms with van der Waals surface area (Å²) in [5.74, 6) is 1.59. The molecule has 73 heavy (non-hydrogen) atoms. The minimum atomic E-state index is -0.823. The Hall–Kier alpha value is -10.0. The molecule has 0 saturated carbocycles. The molecule has 1 aliphatic heterocycles. The third-order valence-corrected chi connectivity index (χ3v) is 15.6. The standard InChI is InChI=1S/C66H38N6O/c67-38-40-26-29-60-50(33-40)48-17-3-9-24-59(48)72(60)45-37-55-65(69-39-45)64-53(20-12-32-68-64)66(55)52-19-5-10-25-62(52)73-63-31-28-42(35-54(63)66)41-27-30-61-51(34-41)49-18-4-8-23-58(49)71(61)44-14-11-13-43(36-44)70-56-21-6-1-15-46(56)47-16-2-7-22-57(47)70/h1-37,39H. The van der Waals surface area contributed by atoms with Crippen LogP contribution in [0.15, 0.2) is 231 Å². The van der Waals surface area contributed by atoms with Gasteiger partial charge in [0.1, 0.15) is 11.5 Å². The number of para-hydroxylation sites is 5. The van der Waals surface area contributed by atoms with Crippen LogP contribution < -0.4 is 4.74 Å². The van der Waals surface area contributed by atoms with Crippen molar-refractivity contribution in [1.29, 1.82) is 5.26 Å². The van der Waals surface area contributed by atoms with Gasteiger partial charge in [0.25, 0.3) is 0 Å². The molecule has 6 heterocycles. The maximum atomic E-state index is 9.91. The fraction of sp³-hybridized carbons (Fsp3) is 0.0152. The van der Waals surface area contributed by atoms with Crippen LogP contribution >= 0.6 is 0 Å². The summed E-state index contributed by atoms with van der Waals surface area (Å²) in [6.45, 7) is 0. The van der Waals surface area contributed by atoms with E-state index in [4.69, 9.17) is 14.7 Å². The van der Waals surface area contributed by atoms with Crippen molar-refractivity contribution in [2.45, 2.75) is 5.41 Å². The van der Waals surface area contributed by atoms with E-state index in [0.29, 0.717) is 5.56 Å². The fourth-order valence-electron chi connectivity index (χ4n) is 12.6. The van der Waals surface area contributed by atoms with Crippen LogP contribution in [0.4, 0.5) is 0 Å². The van der Waals surface area contributed by atoms with Crippen LogP contribution in [0.3, 0.4) is 0 Å². The van der Waals surface area contributed by atoms with Crippen molar-refractivity contribution in [3.63, 3.8) is 0 Å². The number of nitrogens with zero attached hydrogens (tertiary/aromatic N) is 6. The molecule has 0 N–H and O–H groups in total. The summed E-state index contributed by atoms with van der Waals surface area (Å²) >= 11 is 0. The van der Waals surface area contributed by atoms with E-state index in [1.54, 1.807) is 0 Å². The first-order valence-electron chi connectivity index (χ1n) is 24.6. The predicted octanol–water partition coefficient (Wildman–Crippen LogP) is 15.8. The Morgan fingerprint density at radius 1 is 0.370 bits per heavy atom. The van der Waals surface area contributed by atoms with Crippen molar-refractivity contribution in [3.8, 4) is 57.1 Å². The van der Waals surface area contributed by atoms with Crippen molar-refractivity contribution >= 4 is 65.4 Å². The van der Waals surface area contributed by atoms with E-state index in [-0.39, 0.29) is 0 Å². The third-order valence-electron chi connectivity index (χ3n) is 15.6. The number of benzene rings is 9. The van der Waals surface area contributed by atoms with Crippen molar-refractivity contribution < 1.29 is 4.74 Å². The van der Waals surface area contributed by atoms with E-state index >= 15 is 0 Å². The molecule has 7 heteroatoms. The number of fused-ring (bicyclic) bond motifs is 18. The minimum absolute atomic E-state index is 0.625. The van der Waals surface area contributed by atoms with Gasteiger partial charge in [-0.25, -0.2) is 0 Å². The van der Waals surface area contributed by atoms with Crippen molar-refractivity contribution in [3.05, 3.63) is 259 Å². The van der Waals surface area contributed by atoms with Crippen LogP contribution in [0.1, 0.15) is 27.8 Å². The molecular weight excluding hydrogens is 893 g/mol. The van der Waals surface area contributed by atoms with Gasteiger partial charge < -0.3 is 18.4 Å². The molecule has 0 radical (unpaired) electrons. The molecule has 1 unspecified atom stereocenters. The Morgan fingerprint density at radius 3 is 1.58 bits per heavy atom. The smallest absolute Gasteiger partial charge is 0.132 e. The third kappa shape index (κ3) is 5.36. The van der Waals surface area contributed by atoms with Gasteiger partial charge in [-0.1, -0.05) is 115 Å². The maximum Gasteiger partial charge on any atom is 0.132 e. The molecule has 16 rings (SSSR count). The summed E-state index contributed by atoms with van der Waals surface area (Å²) in [5.41, 5.74) is 17.7. The molecule has 1 atom stereocenters. The summed E-state index contributed by atoms with van der Waals surface area (Å²) in [6.07, 6.45) is 3.83. The summed E-state index contributed by atoms with van der Waals surface area (Å²) in [7, 11) is 0. The number of hydrogen-bond acceptors (Lipinski definition) is 4. The second kappa shape index (κ2) is 14.8. The first kappa shape index (κ1) is 39.8. The van der Waals surface area contributed by atoms with Gasteiger partial charge in [-0.15, -0.1) is 0 Å². The zero-order chi connectivity index (χ0) is 47.9. The summed E-state index contributed by atoms with van der Waals surface area (Å²) in [5, 5.41) is 16.9. The molecule has 9 aromatic carbocycles. The van der Waals surface area contributed by atoms with Crippen LogP contribution in [0.5, 0.6) is 11.5 Å². The molecule has 0 amide bonds. The van der Waals surface area contributed by atoms with Gasteiger partial charge in [0.05, 0.1) is 73.4 Å². The van der Waals surface area contributed by atoms with E-state index in [1.807, 2.05) is 36.7 Å². The second-order valence-corrected chi connectivity index (χ2v) is 19.2. The molecule has 1 spiro atoms. The van der Waals surface area contributed by atoms with Crippen molar-refractivity contribution in [2.24, 2.45) is 0 Å². The van der Waals surface area contributed by atoms with E-state index in [9.17, 15) is 5.26 Å². The molecule has 7 nitrogen and oxygen atoms in total. The summed E-state index contributed by atoms with van der Waals surface area (Å²) in [6, 6.07) is 80.2. The van der Waals surface area contributed by atoms with Crippen LogP contribution in [0, 0.1) is 11.3 Å². The summed E-state index contributed by atoms with van der Waals surface area (Å²) < 4.78 is 14.0. The first-order valence-corrected chi connectivity index (χ1v) is 24.6. The van der Waals surface area contributed by atoms with Crippen LogP contribution in [0.25, 0.3) is 105 Å². The number of pyridine rings is 2. The Morgan fingerprint density at radius 2 is 0.890 bits per heavy atom. The molecule has 14 aromatic rings. The van der Waals surface area contributed by atoms with Gasteiger partial charge in [0, 0.05) is 66.6 Å². The Bertz CT molecular complexity index is 4700. The number of nitriles is 1. The average molecular weight is 931 g/mol. The van der Waals surface area contributed by atoms with E-state index in [0.717, 1.165) is 106 Å². The second-order valence-electron chi connectivity index (χ2n) is 19.2. The number of aromatic nitrogens is 5. The molecule has 0 bridgehead atoms. The van der Waals surface area contributed by atoms with Crippen LogP contribution in [-0.2, 0) is 5.41 Å². The number of ether oxygens (including phenoxy) is 1. The zero-order valence-corrected chi connectivity index (χ0v) is 39.0. The normalized spacial score (nSPS) is 14.5. The lowest BCUT2D eigenvalue weighted by Crippen LogP contribution is -2.32. The lowest BCUT2D eigenvalue weighted by atomic mass is 9.66. The molecule has 1 aliphatic carbocycles. The highest BCUT2D eigenvalue weighted by Gasteiger charge is 2.52. The summed E-state index contributed by atoms with van der Waals surface area (Å²) in [4.78, 5) is 10.4. The Labute approximate surface area is 418 Å². The largest absolute Gasteiger partial charge is 0.457 e. The first-order chi connectivity index (χ1) is 36.2. The topological polar surface area (TPSA) is 73.6 Å². The number of hydrogen-bond donors (Lipinski definition) is 0. The predicted molar refractivity (Wildman–Crippen MR) is 293 cm³/mol. The van der Waals surface area contributed by atoms with Gasteiger partial charge in [-0.05, 0) is 120 Å². The van der Waals surface area contributed by atoms with Gasteiger partial charge in [-0.2, -0.15) is 5.26 Å². The van der Waals surface area contributed by atoms with Crippen molar-refractivity contribution in [2.75, 3.05) is 0 Å². The quantitative estimate of drug-likeness (QED) is 0.176. The van der Waals surface area contributed by atoms with Crippen molar-refractivity contribution in [1.82, 2.24) is 23.7 Å². The van der Waals surface area contributed by atoms with E-state index in [2.05, 4.69) is 214 Å². The Kier molecular flexibility index (Phi) is 8.04. The lowest BCUT2D eigenvalue weighted by Gasteiger charge is -2.39. The lowest BCUT2D eigenvalue weighted by molar-refractivity contribution is 0.436. The monoisotopic (exact) mass is 930 g/mol. The van der Waals surface area contributed by atoms with Crippen LogP contribution in [0.2, 0.25) is 0 Å². The molecule has 338 valence electrons. The number of rotatable bonds is 4. The van der Waals surface area contributed by atoms with Gasteiger partial charge >= 0.3 is 0 Å².